The van der Waals surface area contributed by atoms with E-state index in [1.54, 1.807) is 18.2 Å². The average Bonchev–Trinajstić information content (AvgIpc) is 2.91. The van der Waals surface area contributed by atoms with E-state index in [-0.39, 0.29) is 23.8 Å². The van der Waals surface area contributed by atoms with Gasteiger partial charge in [-0.15, -0.1) is 0 Å². The Bertz CT molecular complexity index is 1040. The predicted molar refractivity (Wildman–Crippen MR) is 146 cm³/mol. The summed E-state index contributed by atoms with van der Waals surface area (Å²) in [6.07, 6.45) is 0.844. The molecule has 2 aromatic carbocycles. The molecule has 3 atom stereocenters. The van der Waals surface area contributed by atoms with E-state index in [9.17, 15) is 19.5 Å². The van der Waals surface area contributed by atoms with E-state index in [0.717, 1.165) is 18.4 Å². The van der Waals surface area contributed by atoms with Gasteiger partial charge in [0.25, 0.3) is 5.91 Å². The number of aliphatic hydroxyl groups excluding tert-OH is 1. The summed E-state index contributed by atoms with van der Waals surface area (Å²) in [7, 11) is 2.97. The van der Waals surface area contributed by atoms with Crippen LogP contribution < -0.4 is 25.4 Å². The van der Waals surface area contributed by atoms with Gasteiger partial charge in [0.2, 0.25) is 11.8 Å². The van der Waals surface area contributed by atoms with E-state index in [1.807, 2.05) is 51.1 Å². The first-order chi connectivity index (χ1) is 18.2. The molecule has 0 aliphatic heterocycles. The number of benzene rings is 2. The van der Waals surface area contributed by atoms with Crippen LogP contribution in [-0.4, -0.2) is 61.8 Å². The van der Waals surface area contributed by atoms with E-state index >= 15 is 0 Å². The molecule has 38 heavy (non-hydrogen) atoms. The van der Waals surface area contributed by atoms with Crippen molar-refractivity contribution in [1.82, 2.24) is 16.0 Å². The molecule has 3 amide bonds. The lowest BCUT2D eigenvalue weighted by molar-refractivity contribution is -0.128. The Labute approximate surface area is 225 Å². The molecule has 0 radical (unpaired) electrons. The second kappa shape index (κ2) is 15.6. The maximum Gasteiger partial charge on any atom is 0.255 e. The summed E-state index contributed by atoms with van der Waals surface area (Å²) in [5.74, 6) is -0.612. The fraction of sp³-hybridized carbons (Fsp3) is 0.483. The SMILES string of the molecule is CCCCNC(=O)CC(O)C(Cc1ccccc1)NC(=O)[C@@H](NC(=O)c1ccc(OC)cc1OC)C(C)C. The third-order valence-corrected chi connectivity index (χ3v) is 6.23. The van der Waals surface area contributed by atoms with Gasteiger partial charge in [-0.25, -0.2) is 0 Å². The van der Waals surface area contributed by atoms with E-state index in [2.05, 4.69) is 16.0 Å². The quantitative estimate of drug-likeness (QED) is 0.264. The molecule has 2 unspecified atom stereocenters. The number of carbonyl (C=O) groups is 3. The zero-order chi connectivity index (χ0) is 28.1. The topological polar surface area (TPSA) is 126 Å². The number of aliphatic hydroxyl groups is 1. The van der Waals surface area contributed by atoms with Crippen molar-refractivity contribution in [3.05, 3.63) is 59.7 Å². The first-order valence-corrected chi connectivity index (χ1v) is 13.0. The zero-order valence-corrected chi connectivity index (χ0v) is 23.0. The molecule has 208 valence electrons. The Hall–Kier alpha value is -3.59. The number of rotatable bonds is 15. The van der Waals surface area contributed by atoms with Gasteiger partial charge in [-0.05, 0) is 36.5 Å². The Morgan fingerprint density at radius 3 is 2.29 bits per heavy atom. The van der Waals surface area contributed by atoms with Gasteiger partial charge in [0.15, 0.2) is 0 Å². The largest absolute Gasteiger partial charge is 0.497 e. The van der Waals surface area contributed by atoms with Crippen LogP contribution in [0.3, 0.4) is 0 Å². The van der Waals surface area contributed by atoms with Crippen LogP contribution >= 0.6 is 0 Å². The van der Waals surface area contributed by atoms with E-state index in [1.165, 1.54) is 14.2 Å². The van der Waals surface area contributed by atoms with Gasteiger partial charge in [0, 0.05) is 12.6 Å². The normalized spacial score (nSPS) is 13.2. The van der Waals surface area contributed by atoms with Crippen molar-refractivity contribution in [1.29, 1.82) is 0 Å². The second-order valence-electron chi connectivity index (χ2n) is 9.54. The van der Waals surface area contributed by atoms with Crippen LogP contribution in [0.4, 0.5) is 0 Å². The molecule has 2 rings (SSSR count). The van der Waals surface area contributed by atoms with Gasteiger partial charge in [-0.2, -0.15) is 0 Å². The third-order valence-electron chi connectivity index (χ3n) is 6.23. The first kappa shape index (κ1) is 30.6. The smallest absolute Gasteiger partial charge is 0.255 e. The maximum absolute atomic E-state index is 13.4. The molecule has 0 fully saturated rings. The van der Waals surface area contributed by atoms with Crippen molar-refractivity contribution in [2.24, 2.45) is 5.92 Å². The number of methoxy groups -OCH3 is 2. The van der Waals surface area contributed by atoms with Crippen molar-refractivity contribution < 1.29 is 29.0 Å². The lowest BCUT2D eigenvalue weighted by atomic mass is 9.96. The highest BCUT2D eigenvalue weighted by Crippen LogP contribution is 2.25. The van der Waals surface area contributed by atoms with E-state index < -0.39 is 30.0 Å². The van der Waals surface area contributed by atoms with Gasteiger partial charge in [0.05, 0.1) is 38.3 Å². The van der Waals surface area contributed by atoms with Crippen LogP contribution in [0.15, 0.2) is 48.5 Å². The lowest BCUT2D eigenvalue weighted by Gasteiger charge is -2.28. The number of hydrogen-bond acceptors (Lipinski definition) is 6. The molecular weight excluding hydrogens is 486 g/mol. The fourth-order valence-corrected chi connectivity index (χ4v) is 3.97. The first-order valence-electron chi connectivity index (χ1n) is 13.0. The zero-order valence-electron chi connectivity index (χ0n) is 23.0. The number of carbonyl (C=O) groups excluding carboxylic acids is 3. The molecule has 0 heterocycles. The standard InChI is InChI=1S/C29H41N3O6/c1-6-7-15-30-26(34)18-24(33)23(16-20-11-9-8-10-12-20)31-29(36)27(19(2)3)32-28(35)22-14-13-21(37-4)17-25(22)38-5/h8-14,17,19,23-24,27,33H,6-7,15-16,18H2,1-5H3,(H,30,34)(H,31,36)(H,32,35)/t23?,24?,27-/m0/s1. The number of nitrogens with one attached hydrogen (secondary N) is 3. The van der Waals surface area contributed by atoms with Crippen LogP contribution in [-0.2, 0) is 16.0 Å². The summed E-state index contributed by atoms with van der Waals surface area (Å²) >= 11 is 0. The summed E-state index contributed by atoms with van der Waals surface area (Å²) in [4.78, 5) is 38.9. The summed E-state index contributed by atoms with van der Waals surface area (Å²) in [5, 5.41) is 19.4. The van der Waals surface area contributed by atoms with E-state index in [0.29, 0.717) is 24.5 Å². The van der Waals surface area contributed by atoms with Crippen molar-refractivity contribution in [3.8, 4) is 11.5 Å². The number of amides is 3. The third kappa shape index (κ3) is 9.37. The molecule has 2 aromatic rings. The molecule has 9 heteroatoms. The average molecular weight is 528 g/mol. The van der Waals surface area contributed by atoms with Gasteiger partial charge in [-0.1, -0.05) is 57.5 Å². The fourth-order valence-electron chi connectivity index (χ4n) is 3.97. The lowest BCUT2D eigenvalue weighted by Crippen LogP contribution is -2.55. The summed E-state index contributed by atoms with van der Waals surface area (Å²) in [6, 6.07) is 12.6. The highest BCUT2D eigenvalue weighted by atomic mass is 16.5. The van der Waals surface area contributed by atoms with Crippen molar-refractivity contribution in [2.45, 2.75) is 64.6 Å². The predicted octanol–water partition coefficient (Wildman–Crippen LogP) is 2.85. The minimum atomic E-state index is -1.12. The summed E-state index contributed by atoms with van der Waals surface area (Å²) < 4.78 is 10.5. The van der Waals surface area contributed by atoms with Crippen LogP contribution in [0.25, 0.3) is 0 Å². The van der Waals surface area contributed by atoms with Gasteiger partial charge < -0.3 is 30.5 Å². The highest BCUT2D eigenvalue weighted by Gasteiger charge is 2.30. The number of unbranched alkanes of at least 4 members (excludes halogenated alkanes) is 1. The van der Waals surface area contributed by atoms with Crippen molar-refractivity contribution >= 4 is 17.7 Å². The Balaban J connectivity index is 2.19. The van der Waals surface area contributed by atoms with E-state index in [4.69, 9.17) is 9.47 Å². The molecule has 0 saturated heterocycles. The Morgan fingerprint density at radius 1 is 0.974 bits per heavy atom. The summed E-state index contributed by atoms with van der Waals surface area (Å²) in [6.45, 7) is 6.20. The minimum Gasteiger partial charge on any atom is -0.497 e. The van der Waals surface area contributed by atoms with Gasteiger partial charge >= 0.3 is 0 Å². The molecule has 0 aliphatic rings. The number of ether oxygens (including phenoxy) is 2. The molecule has 0 saturated carbocycles. The van der Waals surface area contributed by atoms with Crippen LogP contribution in [0.2, 0.25) is 0 Å². The Morgan fingerprint density at radius 2 is 1.68 bits per heavy atom. The molecule has 0 spiro atoms. The molecule has 0 aliphatic carbocycles. The maximum atomic E-state index is 13.4. The van der Waals surface area contributed by atoms with Gasteiger partial charge in [-0.3, -0.25) is 14.4 Å². The monoisotopic (exact) mass is 527 g/mol. The van der Waals surface area contributed by atoms with Crippen molar-refractivity contribution in [3.63, 3.8) is 0 Å². The molecule has 0 bridgehead atoms. The van der Waals surface area contributed by atoms with Crippen LogP contribution in [0.5, 0.6) is 11.5 Å². The number of hydrogen-bond donors (Lipinski definition) is 4. The van der Waals surface area contributed by atoms with Gasteiger partial charge in [0.1, 0.15) is 17.5 Å². The van der Waals surface area contributed by atoms with Crippen LogP contribution in [0.1, 0.15) is 56.0 Å². The highest BCUT2D eigenvalue weighted by molar-refractivity contribution is 6.00. The molecule has 0 aromatic heterocycles. The minimum absolute atomic E-state index is 0.150. The van der Waals surface area contributed by atoms with Crippen molar-refractivity contribution in [2.75, 3.05) is 20.8 Å². The second-order valence-corrected chi connectivity index (χ2v) is 9.54. The van der Waals surface area contributed by atoms with Crippen LogP contribution in [0, 0.1) is 5.92 Å². The molecule has 4 N–H and O–H groups in total. The molecule has 9 nitrogen and oxygen atoms in total. The summed E-state index contributed by atoms with van der Waals surface area (Å²) in [5.41, 5.74) is 1.16. The Kier molecular flexibility index (Phi) is 12.6. The molecular formula is C29H41N3O6.